The summed E-state index contributed by atoms with van der Waals surface area (Å²) in [6.07, 6.45) is 6.85. The minimum atomic E-state index is -0.400. The predicted octanol–water partition coefficient (Wildman–Crippen LogP) is 3.49. The van der Waals surface area contributed by atoms with E-state index in [0.29, 0.717) is 20.7 Å². The summed E-state index contributed by atoms with van der Waals surface area (Å²) in [6.45, 7) is 0.0592. The molecule has 0 bridgehead atoms. The van der Waals surface area contributed by atoms with E-state index in [-0.39, 0.29) is 25.3 Å². The molecule has 0 radical (unpaired) electrons. The fourth-order valence-electron chi connectivity index (χ4n) is 3.33. The van der Waals surface area contributed by atoms with Crippen LogP contribution in [0.2, 0.25) is 0 Å². The Bertz CT molecular complexity index is 816. The number of hydrogen-bond donors (Lipinski definition) is 0. The summed E-state index contributed by atoms with van der Waals surface area (Å²) in [4.78, 5) is 26.7. The van der Waals surface area contributed by atoms with Crippen LogP contribution in [0.3, 0.4) is 0 Å². The van der Waals surface area contributed by atoms with Gasteiger partial charge in [0.05, 0.1) is 4.91 Å². The van der Waals surface area contributed by atoms with Gasteiger partial charge in [0.2, 0.25) is 6.79 Å². The summed E-state index contributed by atoms with van der Waals surface area (Å²) in [5.41, 5.74) is 0.810. The van der Waals surface area contributed by atoms with Gasteiger partial charge in [-0.2, -0.15) is 0 Å². The quantitative estimate of drug-likeness (QED) is 0.432. The van der Waals surface area contributed by atoms with E-state index in [1.54, 1.807) is 12.1 Å². The SMILES string of the molecule is O=C(CN1C(=O)/C(=C/c2ccc3c(c2)OCO3)SC1=S)OC1CCCCC1. The summed E-state index contributed by atoms with van der Waals surface area (Å²) >= 11 is 6.47. The molecule has 27 heavy (non-hydrogen) atoms. The van der Waals surface area contributed by atoms with Gasteiger partial charge in [-0.1, -0.05) is 36.5 Å². The molecule has 2 heterocycles. The van der Waals surface area contributed by atoms with Crippen LogP contribution in [0.4, 0.5) is 0 Å². The predicted molar refractivity (Wildman–Crippen MR) is 105 cm³/mol. The number of thiocarbonyl (C=S) groups is 1. The Labute approximate surface area is 166 Å². The molecule has 0 spiro atoms. The zero-order chi connectivity index (χ0) is 18.8. The zero-order valence-electron chi connectivity index (χ0n) is 14.6. The lowest BCUT2D eigenvalue weighted by Gasteiger charge is -2.23. The van der Waals surface area contributed by atoms with Crippen molar-refractivity contribution in [2.24, 2.45) is 0 Å². The monoisotopic (exact) mass is 405 g/mol. The van der Waals surface area contributed by atoms with Gasteiger partial charge in [-0.15, -0.1) is 0 Å². The van der Waals surface area contributed by atoms with Gasteiger partial charge in [-0.25, -0.2) is 0 Å². The molecular weight excluding hydrogens is 386 g/mol. The molecule has 6 nitrogen and oxygen atoms in total. The molecule has 142 valence electrons. The van der Waals surface area contributed by atoms with E-state index < -0.39 is 5.97 Å². The average molecular weight is 405 g/mol. The molecule has 0 aromatic heterocycles. The van der Waals surface area contributed by atoms with Gasteiger partial charge in [0, 0.05) is 0 Å². The Morgan fingerprint density at radius 3 is 2.85 bits per heavy atom. The molecule has 1 aliphatic carbocycles. The molecule has 1 amide bonds. The average Bonchev–Trinajstić information content (AvgIpc) is 3.22. The number of esters is 1. The maximum absolute atomic E-state index is 12.7. The second-order valence-electron chi connectivity index (χ2n) is 6.63. The first-order chi connectivity index (χ1) is 13.1. The highest BCUT2D eigenvalue weighted by Crippen LogP contribution is 2.36. The third kappa shape index (κ3) is 4.11. The largest absolute Gasteiger partial charge is 0.461 e. The Hall–Kier alpha value is -2.06. The summed E-state index contributed by atoms with van der Waals surface area (Å²) in [6, 6.07) is 5.46. The molecule has 2 fully saturated rings. The van der Waals surface area contributed by atoms with E-state index in [0.717, 1.165) is 31.2 Å². The van der Waals surface area contributed by atoms with Crippen molar-refractivity contribution in [3.05, 3.63) is 28.7 Å². The number of ether oxygens (including phenoxy) is 3. The number of fused-ring (bicyclic) bond motifs is 1. The number of rotatable bonds is 4. The van der Waals surface area contributed by atoms with Gasteiger partial charge in [0.25, 0.3) is 5.91 Å². The van der Waals surface area contributed by atoms with Crippen molar-refractivity contribution in [1.29, 1.82) is 0 Å². The molecule has 0 unspecified atom stereocenters. The van der Waals surface area contributed by atoms with Crippen LogP contribution in [0.15, 0.2) is 23.1 Å². The fourth-order valence-corrected chi connectivity index (χ4v) is 4.58. The summed E-state index contributed by atoms with van der Waals surface area (Å²) in [5, 5.41) is 0. The van der Waals surface area contributed by atoms with Crippen molar-refractivity contribution in [3.63, 3.8) is 0 Å². The van der Waals surface area contributed by atoms with Crippen LogP contribution < -0.4 is 9.47 Å². The lowest BCUT2D eigenvalue weighted by Crippen LogP contribution is -2.36. The third-order valence-electron chi connectivity index (χ3n) is 4.71. The highest BCUT2D eigenvalue weighted by atomic mass is 32.2. The summed E-state index contributed by atoms with van der Waals surface area (Å²) < 4.78 is 16.5. The van der Waals surface area contributed by atoms with Gasteiger partial charge in [0.1, 0.15) is 17.0 Å². The molecule has 4 rings (SSSR count). The lowest BCUT2D eigenvalue weighted by atomic mass is 9.98. The normalized spacial score (nSPS) is 21.2. The third-order valence-corrected chi connectivity index (χ3v) is 6.08. The molecule has 0 N–H and O–H groups in total. The van der Waals surface area contributed by atoms with Gasteiger partial charge >= 0.3 is 5.97 Å². The van der Waals surface area contributed by atoms with E-state index in [4.69, 9.17) is 26.4 Å². The van der Waals surface area contributed by atoms with Crippen LogP contribution in [0.5, 0.6) is 11.5 Å². The number of carbonyl (C=O) groups excluding carboxylic acids is 2. The van der Waals surface area contributed by atoms with Crippen molar-refractivity contribution in [2.45, 2.75) is 38.2 Å². The minimum Gasteiger partial charge on any atom is -0.461 e. The van der Waals surface area contributed by atoms with Gasteiger partial charge in [0.15, 0.2) is 11.5 Å². The smallest absolute Gasteiger partial charge is 0.326 e. The molecule has 2 aliphatic heterocycles. The molecule has 3 aliphatic rings. The van der Waals surface area contributed by atoms with Crippen molar-refractivity contribution in [2.75, 3.05) is 13.3 Å². The maximum Gasteiger partial charge on any atom is 0.326 e. The first-order valence-electron chi connectivity index (χ1n) is 8.94. The second kappa shape index (κ2) is 7.90. The van der Waals surface area contributed by atoms with Crippen LogP contribution >= 0.6 is 24.0 Å². The minimum absolute atomic E-state index is 0.0335. The van der Waals surface area contributed by atoms with E-state index in [9.17, 15) is 9.59 Å². The van der Waals surface area contributed by atoms with Crippen LogP contribution in [0.1, 0.15) is 37.7 Å². The Morgan fingerprint density at radius 1 is 1.26 bits per heavy atom. The Balaban J connectivity index is 1.41. The number of amides is 1. The lowest BCUT2D eigenvalue weighted by molar-refractivity contribution is -0.152. The van der Waals surface area contributed by atoms with Crippen LogP contribution in [-0.4, -0.2) is 40.5 Å². The summed E-state index contributed by atoms with van der Waals surface area (Å²) in [7, 11) is 0. The first-order valence-corrected chi connectivity index (χ1v) is 10.2. The Kier molecular flexibility index (Phi) is 5.36. The number of thioether (sulfide) groups is 1. The van der Waals surface area contributed by atoms with Crippen molar-refractivity contribution in [1.82, 2.24) is 4.90 Å². The number of benzene rings is 1. The van der Waals surface area contributed by atoms with Crippen LogP contribution in [0.25, 0.3) is 6.08 Å². The summed E-state index contributed by atoms with van der Waals surface area (Å²) in [5.74, 6) is 0.659. The van der Waals surface area contributed by atoms with Gasteiger partial charge in [-0.05, 0) is 49.5 Å². The van der Waals surface area contributed by atoms with Crippen molar-refractivity contribution < 1.29 is 23.8 Å². The maximum atomic E-state index is 12.7. The van der Waals surface area contributed by atoms with E-state index in [1.807, 2.05) is 12.1 Å². The second-order valence-corrected chi connectivity index (χ2v) is 8.31. The van der Waals surface area contributed by atoms with E-state index in [1.165, 1.54) is 23.1 Å². The van der Waals surface area contributed by atoms with Gasteiger partial charge < -0.3 is 14.2 Å². The number of nitrogens with zero attached hydrogens (tertiary/aromatic N) is 1. The van der Waals surface area contributed by atoms with Crippen molar-refractivity contribution in [3.8, 4) is 11.5 Å². The van der Waals surface area contributed by atoms with Crippen LogP contribution in [0, 0.1) is 0 Å². The Morgan fingerprint density at radius 2 is 2.04 bits per heavy atom. The highest BCUT2D eigenvalue weighted by molar-refractivity contribution is 8.26. The molecule has 1 aromatic rings. The van der Waals surface area contributed by atoms with Crippen LogP contribution in [-0.2, 0) is 14.3 Å². The number of carbonyl (C=O) groups is 2. The van der Waals surface area contributed by atoms with E-state index >= 15 is 0 Å². The molecule has 8 heteroatoms. The molecule has 0 atom stereocenters. The fraction of sp³-hybridized carbons (Fsp3) is 0.421. The highest BCUT2D eigenvalue weighted by Gasteiger charge is 2.34. The number of hydrogen-bond acceptors (Lipinski definition) is 7. The van der Waals surface area contributed by atoms with E-state index in [2.05, 4.69) is 0 Å². The molecule has 1 saturated carbocycles. The standard InChI is InChI=1S/C19H19NO5S2/c21-17(25-13-4-2-1-3-5-13)10-20-18(22)16(27-19(20)26)9-12-6-7-14-15(8-12)24-11-23-14/h6-9,13H,1-5,10-11H2/b16-9-. The first kappa shape index (κ1) is 18.3. The molecule has 1 saturated heterocycles. The van der Waals surface area contributed by atoms with Gasteiger partial charge in [-0.3, -0.25) is 14.5 Å². The molecular formula is C19H19NO5S2. The zero-order valence-corrected chi connectivity index (χ0v) is 16.3. The van der Waals surface area contributed by atoms with Crippen molar-refractivity contribution >= 4 is 46.3 Å². The molecule has 1 aromatic carbocycles. The topological polar surface area (TPSA) is 65.1 Å².